The lowest BCUT2D eigenvalue weighted by Gasteiger charge is -2.30. The van der Waals surface area contributed by atoms with E-state index in [4.69, 9.17) is 16.6 Å². The molecule has 30 heavy (non-hydrogen) atoms. The molecule has 1 aliphatic heterocycles. The van der Waals surface area contributed by atoms with Gasteiger partial charge >= 0.3 is 0 Å². The Morgan fingerprint density at radius 2 is 1.93 bits per heavy atom. The summed E-state index contributed by atoms with van der Waals surface area (Å²) in [5.41, 5.74) is 1.74. The van der Waals surface area contributed by atoms with Crippen LogP contribution in [-0.2, 0) is 0 Å². The Balaban J connectivity index is 1.27. The lowest BCUT2D eigenvalue weighted by Crippen LogP contribution is -2.38. The SMILES string of the molecule is O=C(c1csc(-c2ccccc2F)n1)N1CCC(c2nc3cc(Cl)ccc3s2)CC1. The molecular formula is C22H17ClFN3OS2. The molecule has 1 fully saturated rings. The van der Waals surface area contributed by atoms with E-state index in [1.807, 2.05) is 23.1 Å². The summed E-state index contributed by atoms with van der Waals surface area (Å²) in [5, 5.41) is 4.04. The van der Waals surface area contributed by atoms with Gasteiger partial charge in [-0.25, -0.2) is 14.4 Å². The minimum absolute atomic E-state index is 0.0941. The van der Waals surface area contributed by atoms with E-state index in [0.29, 0.717) is 40.3 Å². The summed E-state index contributed by atoms with van der Waals surface area (Å²) in [6.07, 6.45) is 1.73. The molecule has 0 unspecified atom stereocenters. The zero-order valence-electron chi connectivity index (χ0n) is 15.8. The van der Waals surface area contributed by atoms with Crippen LogP contribution in [0.5, 0.6) is 0 Å². The van der Waals surface area contributed by atoms with Gasteiger partial charge in [0.05, 0.1) is 15.2 Å². The first-order chi connectivity index (χ1) is 14.6. The maximum Gasteiger partial charge on any atom is 0.273 e. The van der Waals surface area contributed by atoms with Crippen molar-refractivity contribution in [1.29, 1.82) is 0 Å². The maximum atomic E-state index is 14.0. The highest BCUT2D eigenvalue weighted by atomic mass is 35.5. The summed E-state index contributed by atoms with van der Waals surface area (Å²) in [7, 11) is 0. The Labute approximate surface area is 186 Å². The number of piperidine rings is 1. The topological polar surface area (TPSA) is 46.1 Å². The van der Waals surface area contributed by atoms with Crippen LogP contribution in [0.3, 0.4) is 0 Å². The molecule has 0 bridgehead atoms. The van der Waals surface area contributed by atoms with Crippen molar-refractivity contribution < 1.29 is 9.18 Å². The molecule has 152 valence electrons. The van der Waals surface area contributed by atoms with Gasteiger partial charge in [0.2, 0.25) is 0 Å². The maximum absolute atomic E-state index is 14.0. The molecule has 5 rings (SSSR count). The lowest BCUT2D eigenvalue weighted by atomic mass is 9.97. The first-order valence-electron chi connectivity index (χ1n) is 9.64. The minimum atomic E-state index is -0.330. The van der Waals surface area contributed by atoms with Crippen molar-refractivity contribution in [3.05, 3.63) is 69.4 Å². The average molecular weight is 458 g/mol. The van der Waals surface area contributed by atoms with E-state index in [1.54, 1.807) is 34.9 Å². The van der Waals surface area contributed by atoms with Gasteiger partial charge in [0.25, 0.3) is 5.91 Å². The van der Waals surface area contributed by atoms with Gasteiger partial charge in [-0.2, -0.15) is 0 Å². The van der Waals surface area contributed by atoms with Crippen LogP contribution in [0.2, 0.25) is 5.02 Å². The number of aromatic nitrogens is 2. The van der Waals surface area contributed by atoms with E-state index in [-0.39, 0.29) is 11.7 Å². The Hall–Kier alpha value is -2.35. The molecular weight excluding hydrogens is 441 g/mol. The van der Waals surface area contributed by atoms with Gasteiger partial charge in [-0.15, -0.1) is 22.7 Å². The largest absolute Gasteiger partial charge is 0.337 e. The second kappa shape index (κ2) is 8.06. The minimum Gasteiger partial charge on any atom is -0.337 e. The third-order valence-electron chi connectivity index (χ3n) is 5.33. The fourth-order valence-electron chi connectivity index (χ4n) is 3.71. The van der Waals surface area contributed by atoms with Crippen LogP contribution >= 0.6 is 34.3 Å². The van der Waals surface area contributed by atoms with Crippen LogP contribution in [0.4, 0.5) is 4.39 Å². The lowest BCUT2D eigenvalue weighted by molar-refractivity contribution is 0.0708. The number of amides is 1. The summed E-state index contributed by atoms with van der Waals surface area (Å²) in [4.78, 5) is 23.9. The summed E-state index contributed by atoms with van der Waals surface area (Å²) in [6.45, 7) is 1.32. The van der Waals surface area contributed by atoms with Crippen molar-refractivity contribution in [2.24, 2.45) is 0 Å². The average Bonchev–Trinajstić information content (AvgIpc) is 3.41. The number of carbonyl (C=O) groups is 1. The van der Waals surface area contributed by atoms with Gasteiger partial charge in [-0.3, -0.25) is 4.79 Å². The molecule has 4 aromatic rings. The predicted molar refractivity (Wildman–Crippen MR) is 120 cm³/mol. The fourth-order valence-corrected chi connectivity index (χ4v) is 5.82. The van der Waals surface area contributed by atoms with Gasteiger partial charge in [0.1, 0.15) is 16.5 Å². The Morgan fingerprint density at radius 3 is 2.73 bits per heavy atom. The number of fused-ring (bicyclic) bond motifs is 1. The molecule has 1 aliphatic rings. The van der Waals surface area contributed by atoms with Gasteiger partial charge in [-0.05, 0) is 43.2 Å². The van der Waals surface area contributed by atoms with Crippen molar-refractivity contribution in [2.45, 2.75) is 18.8 Å². The highest BCUT2D eigenvalue weighted by molar-refractivity contribution is 7.18. The molecule has 8 heteroatoms. The second-order valence-electron chi connectivity index (χ2n) is 7.25. The van der Waals surface area contributed by atoms with E-state index in [2.05, 4.69) is 4.98 Å². The van der Waals surface area contributed by atoms with Gasteiger partial charge < -0.3 is 4.90 Å². The van der Waals surface area contributed by atoms with Gasteiger partial charge in [-0.1, -0.05) is 23.7 Å². The molecule has 0 N–H and O–H groups in total. The number of rotatable bonds is 3. The molecule has 0 radical (unpaired) electrons. The Kier molecular flexibility index (Phi) is 5.26. The monoisotopic (exact) mass is 457 g/mol. The number of likely N-dealkylation sites (tertiary alicyclic amines) is 1. The first-order valence-corrected chi connectivity index (χ1v) is 11.7. The molecule has 1 saturated heterocycles. The third-order valence-corrected chi connectivity index (χ3v) is 7.63. The number of hydrogen-bond donors (Lipinski definition) is 0. The molecule has 0 atom stereocenters. The smallest absolute Gasteiger partial charge is 0.273 e. The number of thiazole rings is 2. The second-order valence-corrected chi connectivity index (χ2v) is 9.61. The number of hydrogen-bond acceptors (Lipinski definition) is 5. The quantitative estimate of drug-likeness (QED) is 0.366. The standard InChI is InChI=1S/C22H17ClFN3OS2/c23-14-5-6-19-17(11-14)25-20(30-19)13-7-9-27(10-8-13)22(28)18-12-29-21(26-18)15-3-1-2-4-16(15)24/h1-6,11-13H,7-10H2. The molecule has 1 amide bonds. The number of benzene rings is 2. The molecule has 2 aromatic carbocycles. The van der Waals surface area contributed by atoms with Crippen LogP contribution in [0.25, 0.3) is 20.8 Å². The van der Waals surface area contributed by atoms with E-state index in [0.717, 1.165) is 28.1 Å². The molecule has 4 nitrogen and oxygen atoms in total. The van der Waals surface area contributed by atoms with Crippen LogP contribution in [0.1, 0.15) is 34.3 Å². The number of nitrogens with zero attached hydrogens (tertiary/aromatic N) is 3. The highest BCUT2D eigenvalue weighted by Gasteiger charge is 2.28. The molecule has 0 saturated carbocycles. The van der Waals surface area contributed by atoms with E-state index >= 15 is 0 Å². The normalized spacial score (nSPS) is 15.1. The Morgan fingerprint density at radius 1 is 1.13 bits per heavy atom. The zero-order chi connectivity index (χ0) is 20.7. The highest BCUT2D eigenvalue weighted by Crippen LogP contribution is 2.35. The molecule has 3 heterocycles. The first kappa shape index (κ1) is 19.6. The van der Waals surface area contributed by atoms with Crippen molar-refractivity contribution in [2.75, 3.05) is 13.1 Å². The van der Waals surface area contributed by atoms with Crippen LogP contribution in [0, 0.1) is 5.82 Å². The Bertz CT molecular complexity index is 1230. The van der Waals surface area contributed by atoms with Crippen molar-refractivity contribution in [3.8, 4) is 10.6 Å². The van der Waals surface area contributed by atoms with Gasteiger partial charge in [0.15, 0.2) is 0 Å². The summed E-state index contributed by atoms with van der Waals surface area (Å²) in [5.74, 6) is -0.0817. The fraction of sp³-hybridized carbons (Fsp3) is 0.227. The van der Waals surface area contributed by atoms with Crippen molar-refractivity contribution in [1.82, 2.24) is 14.9 Å². The molecule has 2 aromatic heterocycles. The van der Waals surface area contributed by atoms with Crippen molar-refractivity contribution >= 4 is 50.4 Å². The summed E-state index contributed by atoms with van der Waals surface area (Å²) in [6, 6.07) is 12.3. The summed E-state index contributed by atoms with van der Waals surface area (Å²) < 4.78 is 15.1. The summed E-state index contributed by atoms with van der Waals surface area (Å²) >= 11 is 9.06. The van der Waals surface area contributed by atoms with E-state index in [9.17, 15) is 9.18 Å². The van der Waals surface area contributed by atoms with Gasteiger partial charge in [0, 0.05) is 35.0 Å². The zero-order valence-corrected chi connectivity index (χ0v) is 18.2. The van der Waals surface area contributed by atoms with Crippen LogP contribution in [0.15, 0.2) is 47.8 Å². The molecule has 0 spiro atoms. The third kappa shape index (κ3) is 3.73. The van der Waals surface area contributed by atoms with E-state index < -0.39 is 0 Å². The van der Waals surface area contributed by atoms with Crippen molar-refractivity contribution in [3.63, 3.8) is 0 Å². The molecule has 0 aliphatic carbocycles. The van der Waals surface area contributed by atoms with Crippen LogP contribution < -0.4 is 0 Å². The van der Waals surface area contributed by atoms with E-state index in [1.165, 1.54) is 17.4 Å². The van der Waals surface area contributed by atoms with Crippen LogP contribution in [-0.4, -0.2) is 33.9 Å². The number of carbonyl (C=O) groups excluding carboxylic acids is 1. The number of halogens is 2. The predicted octanol–water partition coefficient (Wildman–Crippen LogP) is 6.23.